The molecule has 2 aromatic rings. The highest BCUT2D eigenvalue weighted by atomic mass is 16.1. The standard InChI is InChI=1S/C15H24N6O/c1-6-13(15-16-9-17-21(15)5)18-14(22)8-7-12-10(2)19-20(4)11(12)3/h9,13H,6-8H2,1-5H3,(H,18,22)/t13-/m1/s1. The van der Waals surface area contributed by atoms with Crippen molar-refractivity contribution in [1.29, 1.82) is 0 Å². The summed E-state index contributed by atoms with van der Waals surface area (Å²) >= 11 is 0. The van der Waals surface area contributed by atoms with Crippen LogP contribution >= 0.6 is 0 Å². The Morgan fingerprint density at radius 1 is 1.32 bits per heavy atom. The van der Waals surface area contributed by atoms with Gasteiger partial charge in [0, 0.05) is 26.2 Å². The molecule has 0 aromatic carbocycles. The number of rotatable bonds is 6. The molecule has 1 amide bonds. The third kappa shape index (κ3) is 3.35. The second-order valence-electron chi connectivity index (χ2n) is 5.54. The Labute approximate surface area is 130 Å². The van der Waals surface area contributed by atoms with Crippen LogP contribution in [0.3, 0.4) is 0 Å². The molecule has 0 spiro atoms. The van der Waals surface area contributed by atoms with E-state index in [0.29, 0.717) is 12.8 Å². The summed E-state index contributed by atoms with van der Waals surface area (Å²) in [7, 11) is 3.76. The van der Waals surface area contributed by atoms with Crippen LogP contribution in [0.4, 0.5) is 0 Å². The van der Waals surface area contributed by atoms with Crippen LogP contribution in [0.25, 0.3) is 0 Å². The number of hydrogen-bond acceptors (Lipinski definition) is 4. The largest absolute Gasteiger partial charge is 0.346 e. The van der Waals surface area contributed by atoms with E-state index in [9.17, 15) is 4.79 Å². The maximum atomic E-state index is 12.2. The van der Waals surface area contributed by atoms with Gasteiger partial charge in [-0.25, -0.2) is 4.98 Å². The fourth-order valence-corrected chi connectivity index (χ4v) is 2.65. The summed E-state index contributed by atoms with van der Waals surface area (Å²) in [5.74, 6) is 0.807. The van der Waals surface area contributed by atoms with Gasteiger partial charge in [-0.15, -0.1) is 0 Å². The number of carbonyl (C=O) groups excluding carboxylic acids is 1. The van der Waals surface area contributed by atoms with Crippen LogP contribution in [0.2, 0.25) is 0 Å². The lowest BCUT2D eigenvalue weighted by Gasteiger charge is -2.16. The fourth-order valence-electron chi connectivity index (χ4n) is 2.65. The van der Waals surface area contributed by atoms with Gasteiger partial charge in [0.1, 0.15) is 12.2 Å². The van der Waals surface area contributed by atoms with Crippen molar-refractivity contribution in [3.63, 3.8) is 0 Å². The molecule has 0 unspecified atom stereocenters. The van der Waals surface area contributed by atoms with Crippen molar-refractivity contribution in [2.75, 3.05) is 0 Å². The number of hydrogen-bond donors (Lipinski definition) is 1. The molecule has 7 nitrogen and oxygen atoms in total. The van der Waals surface area contributed by atoms with Gasteiger partial charge in [-0.1, -0.05) is 6.92 Å². The Hall–Kier alpha value is -2.18. The Morgan fingerprint density at radius 3 is 2.55 bits per heavy atom. The normalized spacial score (nSPS) is 12.4. The van der Waals surface area contributed by atoms with Crippen molar-refractivity contribution in [2.24, 2.45) is 14.1 Å². The second-order valence-corrected chi connectivity index (χ2v) is 5.54. The van der Waals surface area contributed by atoms with Gasteiger partial charge in [0.25, 0.3) is 0 Å². The molecule has 0 radical (unpaired) electrons. The van der Waals surface area contributed by atoms with E-state index in [-0.39, 0.29) is 11.9 Å². The van der Waals surface area contributed by atoms with E-state index in [4.69, 9.17) is 0 Å². The zero-order valence-corrected chi connectivity index (χ0v) is 13.9. The zero-order valence-electron chi connectivity index (χ0n) is 13.9. The van der Waals surface area contributed by atoms with E-state index >= 15 is 0 Å². The first kappa shape index (κ1) is 16.2. The van der Waals surface area contributed by atoms with Crippen molar-refractivity contribution in [1.82, 2.24) is 29.9 Å². The predicted octanol–water partition coefficient (Wildman–Crippen LogP) is 1.37. The molecule has 7 heteroatoms. The first-order chi connectivity index (χ1) is 10.4. The van der Waals surface area contributed by atoms with Crippen molar-refractivity contribution >= 4 is 5.91 Å². The second kappa shape index (κ2) is 6.72. The van der Waals surface area contributed by atoms with Crippen molar-refractivity contribution in [3.05, 3.63) is 29.1 Å². The smallest absolute Gasteiger partial charge is 0.220 e. The van der Waals surface area contributed by atoms with Crippen LogP contribution < -0.4 is 5.32 Å². The lowest BCUT2D eigenvalue weighted by Crippen LogP contribution is -2.30. The molecule has 0 saturated carbocycles. The van der Waals surface area contributed by atoms with Gasteiger partial charge in [-0.2, -0.15) is 10.2 Å². The van der Waals surface area contributed by atoms with Gasteiger partial charge in [-0.05, 0) is 32.3 Å². The fraction of sp³-hybridized carbons (Fsp3) is 0.600. The maximum absolute atomic E-state index is 12.2. The minimum absolute atomic E-state index is 0.0255. The topological polar surface area (TPSA) is 77.6 Å². The monoisotopic (exact) mass is 304 g/mol. The quantitative estimate of drug-likeness (QED) is 0.874. The molecule has 0 bridgehead atoms. The lowest BCUT2D eigenvalue weighted by molar-refractivity contribution is -0.121. The number of nitrogens with one attached hydrogen (secondary N) is 1. The maximum Gasteiger partial charge on any atom is 0.220 e. The number of amides is 1. The van der Waals surface area contributed by atoms with E-state index < -0.39 is 0 Å². The third-order valence-electron chi connectivity index (χ3n) is 4.06. The molecule has 1 atom stereocenters. The first-order valence-electron chi connectivity index (χ1n) is 7.56. The lowest BCUT2D eigenvalue weighted by atomic mass is 10.1. The van der Waals surface area contributed by atoms with E-state index in [1.54, 1.807) is 4.68 Å². The van der Waals surface area contributed by atoms with Crippen LogP contribution in [-0.4, -0.2) is 30.5 Å². The predicted molar refractivity (Wildman–Crippen MR) is 83.2 cm³/mol. The zero-order chi connectivity index (χ0) is 16.3. The van der Waals surface area contributed by atoms with Gasteiger partial charge in [0.05, 0.1) is 11.7 Å². The highest BCUT2D eigenvalue weighted by Crippen LogP contribution is 2.16. The van der Waals surface area contributed by atoms with E-state index in [2.05, 4.69) is 20.5 Å². The van der Waals surface area contributed by atoms with Crippen LogP contribution in [0.1, 0.15) is 48.6 Å². The van der Waals surface area contributed by atoms with Gasteiger partial charge in [0.15, 0.2) is 0 Å². The van der Waals surface area contributed by atoms with Crippen LogP contribution in [0.15, 0.2) is 6.33 Å². The molecule has 22 heavy (non-hydrogen) atoms. The molecule has 2 heterocycles. The summed E-state index contributed by atoms with van der Waals surface area (Å²) in [5, 5.41) is 11.5. The molecule has 0 aliphatic carbocycles. The van der Waals surface area contributed by atoms with E-state index in [0.717, 1.165) is 29.2 Å². The summed E-state index contributed by atoms with van der Waals surface area (Å²) in [6, 6.07) is -0.101. The van der Waals surface area contributed by atoms with Crippen LogP contribution in [-0.2, 0) is 25.3 Å². The SMILES string of the molecule is CC[C@@H](NC(=O)CCc1c(C)nn(C)c1C)c1ncnn1C. The van der Waals surface area contributed by atoms with Crippen LogP contribution in [0, 0.1) is 13.8 Å². The summed E-state index contributed by atoms with van der Waals surface area (Å²) in [6.45, 7) is 6.03. The van der Waals surface area contributed by atoms with Crippen molar-refractivity contribution in [2.45, 2.75) is 46.1 Å². The van der Waals surface area contributed by atoms with Gasteiger partial charge in [0.2, 0.25) is 5.91 Å². The molecule has 0 saturated heterocycles. The molecule has 0 aliphatic heterocycles. The Kier molecular flexibility index (Phi) is 4.95. The summed E-state index contributed by atoms with van der Waals surface area (Å²) < 4.78 is 3.56. The Balaban J connectivity index is 1.96. The van der Waals surface area contributed by atoms with E-state index in [1.165, 1.54) is 6.33 Å². The molecule has 120 valence electrons. The first-order valence-corrected chi connectivity index (χ1v) is 7.56. The van der Waals surface area contributed by atoms with Gasteiger partial charge in [-0.3, -0.25) is 14.2 Å². The molecular formula is C15H24N6O. The summed E-state index contributed by atoms with van der Waals surface area (Å²) in [4.78, 5) is 16.4. The minimum atomic E-state index is -0.101. The summed E-state index contributed by atoms with van der Waals surface area (Å²) in [6.07, 6.45) is 3.43. The highest BCUT2D eigenvalue weighted by molar-refractivity contribution is 5.76. The molecular weight excluding hydrogens is 280 g/mol. The van der Waals surface area contributed by atoms with E-state index in [1.807, 2.05) is 39.5 Å². The Morgan fingerprint density at radius 2 is 2.05 bits per heavy atom. The third-order valence-corrected chi connectivity index (χ3v) is 4.06. The molecule has 0 aliphatic rings. The molecule has 1 N–H and O–H groups in total. The van der Waals surface area contributed by atoms with Crippen LogP contribution in [0.5, 0.6) is 0 Å². The number of nitrogens with zero attached hydrogens (tertiary/aromatic N) is 5. The average molecular weight is 304 g/mol. The molecule has 2 rings (SSSR count). The molecule has 0 fully saturated rings. The summed E-state index contributed by atoms with van der Waals surface area (Å²) in [5.41, 5.74) is 3.27. The van der Waals surface area contributed by atoms with Crippen molar-refractivity contribution in [3.8, 4) is 0 Å². The molecule has 2 aromatic heterocycles. The Bertz CT molecular complexity index is 657. The van der Waals surface area contributed by atoms with Crippen molar-refractivity contribution < 1.29 is 4.79 Å². The highest BCUT2D eigenvalue weighted by Gasteiger charge is 2.18. The van der Waals surface area contributed by atoms with Gasteiger partial charge >= 0.3 is 0 Å². The minimum Gasteiger partial charge on any atom is -0.346 e. The number of aromatic nitrogens is 5. The number of carbonyl (C=O) groups is 1. The number of aryl methyl sites for hydroxylation is 3. The van der Waals surface area contributed by atoms with Gasteiger partial charge < -0.3 is 5.32 Å². The average Bonchev–Trinajstić information content (AvgIpc) is 2.99.